The Morgan fingerprint density at radius 3 is 2.08 bits per heavy atom. The number of nitrogens with zero attached hydrogens (tertiary/aromatic N) is 2. The highest BCUT2D eigenvalue weighted by atomic mass is 35.5. The fraction of sp³-hybridized carbons (Fsp3) is 0.286. The molecule has 0 fully saturated rings. The van der Waals surface area contributed by atoms with Gasteiger partial charge in [0.2, 0.25) is 11.8 Å². The van der Waals surface area contributed by atoms with Crippen LogP contribution >= 0.6 is 23.2 Å². The van der Waals surface area contributed by atoms with Crippen LogP contribution in [0.3, 0.4) is 0 Å². The molecule has 202 valence electrons. The van der Waals surface area contributed by atoms with E-state index < -0.39 is 28.5 Å². The predicted molar refractivity (Wildman–Crippen MR) is 152 cm³/mol. The number of benzene rings is 3. The van der Waals surface area contributed by atoms with Gasteiger partial charge in [0, 0.05) is 13.6 Å². The quantitative estimate of drug-likeness (QED) is 0.336. The normalized spacial score (nSPS) is 12.0. The first-order chi connectivity index (χ1) is 18.1. The Balaban J connectivity index is 2.06. The van der Waals surface area contributed by atoms with Gasteiger partial charge in [0.25, 0.3) is 10.0 Å². The zero-order valence-electron chi connectivity index (χ0n) is 21.5. The number of carbonyl (C=O) groups is 2. The number of nitrogens with one attached hydrogen (secondary N) is 1. The highest BCUT2D eigenvalue weighted by molar-refractivity contribution is 7.92. The minimum Gasteiger partial charge on any atom is -0.357 e. The van der Waals surface area contributed by atoms with E-state index in [1.165, 1.54) is 24.1 Å². The predicted octanol–water partition coefficient (Wildman–Crippen LogP) is 5.30. The molecule has 3 aromatic rings. The summed E-state index contributed by atoms with van der Waals surface area (Å²) in [5.41, 5.74) is 2.03. The van der Waals surface area contributed by atoms with Crippen LogP contribution < -0.4 is 9.62 Å². The third-order valence-corrected chi connectivity index (χ3v) is 8.74. The summed E-state index contributed by atoms with van der Waals surface area (Å²) in [6.45, 7) is 3.33. The van der Waals surface area contributed by atoms with Crippen LogP contribution in [0.1, 0.15) is 31.4 Å². The number of carbonyl (C=O) groups excluding carboxylic acids is 2. The second-order valence-corrected chi connectivity index (χ2v) is 11.3. The van der Waals surface area contributed by atoms with Crippen LogP contribution in [-0.4, -0.2) is 44.8 Å². The van der Waals surface area contributed by atoms with Crippen molar-refractivity contribution < 1.29 is 18.0 Å². The largest absolute Gasteiger partial charge is 0.357 e. The molecule has 3 aromatic carbocycles. The van der Waals surface area contributed by atoms with E-state index in [1.807, 2.05) is 19.1 Å². The minimum atomic E-state index is -4.10. The van der Waals surface area contributed by atoms with Crippen molar-refractivity contribution in [3.05, 3.63) is 94.0 Å². The van der Waals surface area contributed by atoms with Crippen molar-refractivity contribution in [1.82, 2.24) is 10.2 Å². The standard InChI is InChI=1S/C28H31Cl2N3O4S/c1-4-20-11-14-22(15-12-20)33(38(36,37)23-9-7-6-8-10-23)19-27(34)32(26(5-2)28(35)31-3)18-21-13-16-24(29)25(30)17-21/h6-17,26H,4-5,18-19H2,1-3H3,(H,31,35)/t26-/m0/s1. The molecule has 0 heterocycles. The molecule has 0 aliphatic rings. The molecule has 1 N–H and O–H groups in total. The van der Waals surface area contributed by atoms with Gasteiger partial charge in [-0.1, -0.05) is 73.4 Å². The van der Waals surface area contributed by atoms with Gasteiger partial charge in [-0.2, -0.15) is 0 Å². The van der Waals surface area contributed by atoms with Crippen LogP contribution in [0, 0.1) is 0 Å². The number of rotatable bonds is 11. The molecule has 0 spiro atoms. The highest BCUT2D eigenvalue weighted by Gasteiger charge is 2.33. The lowest BCUT2D eigenvalue weighted by Gasteiger charge is -2.33. The molecule has 0 aromatic heterocycles. The van der Waals surface area contributed by atoms with E-state index in [1.54, 1.807) is 55.5 Å². The van der Waals surface area contributed by atoms with Gasteiger partial charge in [-0.3, -0.25) is 13.9 Å². The maximum atomic E-state index is 13.9. The topological polar surface area (TPSA) is 86.8 Å². The van der Waals surface area contributed by atoms with Crippen molar-refractivity contribution in [3.8, 4) is 0 Å². The Morgan fingerprint density at radius 1 is 0.895 bits per heavy atom. The van der Waals surface area contributed by atoms with Crippen molar-refractivity contribution in [2.24, 2.45) is 0 Å². The zero-order chi connectivity index (χ0) is 27.9. The molecule has 1 atom stereocenters. The lowest BCUT2D eigenvalue weighted by Crippen LogP contribution is -2.51. The van der Waals surface area contributed by atoms with Gasteiger partial charge in [0.1, 0.15) is 12.6 Å². The number of aryl methyl sites for hydroxylation is 1. The summed E-state index contributed by atoms with van der Waals surface area (Å²) in [5.74, 6) is -0.892. The van der Waals surface area contributed by atoms with Gasteiger partial charge >= 0.3 is 0 Å². The van der Waals surface area contributed by atoms with Crippen LogP contribution in [0.4, 0.5) is 5.69 Å². The van der Waals surface area contributed by atoms with E-state index in [4.69, 9.17) is 23.2 Å². The summed E-state index contributed by atoms with van der Waals surface area (Å²) < 4.78 is 28.6. The van der Waals surface area contributed by atoms with Gasteiger partial charge in [-0.25, -0.2) is 8.42 Å². The third-order valence-electron chi connectivity index (χ3n) is 6.21. The fourth-order valence-corrected chi connectivity index (χ4v) is 5.82. The summed E-state index contributed by atoms with van der Waals surface area (Å²) >= 11 is 12.3. The molecule has 0 saturated carbocycles. The van der Waals surface area contributed by atoms with Crippen molar-refractivity contribution in [2.75, 3.05) is 17.9 Å². The van der Waals surface area contributed by atoms with Crippen LogP contribution in [0.5, 0.6) is 0 Å². The molecule has 7 nitrogen and oxygen atoms in total. The average Bonchev–Trinajstić information content (AvgIpc) is 2.93. The summed E-state index contributed by atoms with van der Waals surface area (Å²) in [7, 11) is -2.60. The van der Waals surface area contributed by atoms with E-state index in [0.717, 1.165) is 16.3 Å². The monoisotopic (exact) mass is 575 g/mol. The first-order valence-electron chi connectivity index (χ1n) is 12.2. The Hall–Kier alpha value is -3.07. The van der Waals surface area contributed by atoms with Crippen LogP contribution in [0.15, 0.2) is 77.7 Å². The average molecular weight is 577 g/mol. The van der Waals surface area contributed by atoms with Crippen LogP contribution in [0.25, 0.3) is 0 Å². The molecule has 10 heteroatoms. The first kappa shape index (κ1) is 29.5. The van der Waals surface area contributed by atoms with Crippen molar-refractivity contribution in [3.63, 3.8) is 0 Å². The van der Waals surface area contributed by atoms with Crippen LogP contribution in [0.2, 0.25) is 10.0 Å². The third kappa shape index (κ3) is 6.87. The molecule has 0 saturated heterocycles. The lowest BCUT2D eigenvalue weighted by molar-refractivity contribution is -0.140. The van der Waals surface area contributed by atoms with Gasteiger partial charge in [-0.05, 0) is 60.4 Å². The Morgan fingerprint density at radius 2 is 1.53 bits per heavy atom. The maximum Gasteiger partial charge on any atom is 0.264 e. The second-order valence-electron chi connectivity index (χ2n) is 8.65. The number of sulfonamides is 1. The number of hydrogen-bond donors (Lipinski definition) is 1. The molecule has 0 aliphatic heterocycles. The minimum absolute atomic E-state index is 0.0373. The Kier molecular flexibility index (Phi) is 10.2. The van der Waals surface area contributed by atoms with Gasteiger partial charge < -0.3 is 10.2 Å². The fourth-order valence-electron chi connectivity index (χ4n) is 4.07. The lowest BCUT2D eigenvalue weighted by atomic mass is 10.1. The van der Waals surface area contributed by atoms with E-state index in [0.29, 0.717) is 27.7 Å². The smallest absolute Gasteiger partial charge is 0.264 e. The highest BCUT2D eigenvalue weighted by Crippen LogP contribution is 2.27. The summed E-state index contributed by atoms with van der Waals surface area (Å²) in [4.78, 5) is 28.1. The summed E-state index contributed by atoms with van der Waals surface area (Å²) in [5, 5.41) is 3.28. The SMILES string of the molecule is CCc1ccc(N(CC(=O)N(Cc2ccc(Cl)c(Cl)c2)[C@@H](CC)C(=O)NC)S(=O)(=O)c2ccccc2)cc1. The molecule has 0 bridgehead atoms. The summed E-state index contributed by atoms with van der Waals surface area (Å²) in [6.07, 6.45) is 1.11. The number of anilines is 1. The molecule has 38 heavy (non-hydrogen) atoms. The molecule has 3 rings (SSSR count). The Bertz CT molecular complexity index is 1370. The van der Waals surface area contributed by atoms with Gasteiger partial charge in [0.05, 0.1) is 20.6 Å². The zero-order valence-corrected chi connectivity index (χ0v) is 23.9. The van der Waals surface area contributed by atoms with Crippen molar-refractivity contribution >= 4 is 50.7 Å². The Labute approximate surface area is 234 Å². The van der Waals surface area contributed by atoms with Gasteiger partial charge in [-0.15, -0.1) is 0 Å². The molecule has 0 radical (unpaired) electrons. The number of amides is 2. The van der Waals surface area contributed by atoms with Crippen molar-refractivity contribution in [1.29, 1.82) is 0 Å². The molecule has 2 amide bonds. The maximum absolute atomic E-state index is 13.9. The number of hydrogen-bond acceptors (Lipinski definition) is 4. The van der Waals surface area contributed by atoms with Crippen LogP contribution in [-0.2, 0) is 32.6 Å². The molecular weight excluding hydrogens is 545 g/mol. The van der Waals surface area contributed by atoms with Gasteiger partial charge in [0.15, 0.2) is 0 Å². The van der Waals surface area contributed by atoms with E-state index in [-0.39, 0.29) is 17.3 Å². The number of likely N-dealkylation sites (N-methyl/N-ethyl adjacent to an activating group) is 1. The van der Waals surface area contributed by atoms with E-state index >= 15 is 0 Å². The van der Waals surface area contributed by atoms with Crippen molar-refractivity contribution in [2.45, 2.75) is 44.2 Å². The number of halogens is 2. The second kappa shape index (κ2) is 13.1. The first-order valence-corrected chi connectivity index (χ1v) is 14.4. The molecule has 0 unspecified atom stereocenters. The molecule has 0 aliphatic carbocycles. The molecular formula is C28H31Cl2N3O4S. The van der Waals surface area contributed by atoms with E-state index in [2.05, 4.69) is 5.32 Å². The van der Waals surface area contributed by atoms with E-state index in [9.17, 15) is 18.0 Å². The summed E-state index contributed by atoms with van der Waals surface area (Å²) in [6, 6.07) is 19.1.